The molecule has 13 heteroatoms. The van der Waals surface area contributed by atoms with Crippen LogP contribution in [-0.2, 0) is 20.5 Å². The number of nitrogens with two attached hydrogens (primary N) is 1. The lowest BCUT2D eigenvalue weighted by Gasteiger charge is -2.17. The van der Waals surface area contributed by atoms with E-state index in [4.69, 9.17) is 26.9 Å². The quantitative estimate of drug-likeness (QED) is 0.164. The molecule has 1 unspecified atom stereocenters. The SMILES string of the molecule is N/C(=N\OC(Oc1ccc(C(F)(F)F)cc1Cl)C(=O)OC[N+](=O)[O-])c1ccccc1. The largest absolute Gasteiger partial charge is 0.442 e. The number of amidine groups is 1. The number of hydrogen-bond donors (Lipinski definition) is 1. The summed E-state index contributed by atoms with van der Waals surface area (Å²) in [5, 5.41) is 13.4. The first-order chi connectivity index (χ1) is 14.1. The number of alkyl halides is 3. The van der Waals surface area contributed by atoms with Gasteiger partial charge in [0.15, 0.2) is 5.84 Å². The van der Waals surface area contributed by atoms with E-state index in [1.807, 2.05) is 0 Å². The molecule has 0 bridgehead atoms. The van der Waals surface area contributed by atoms with E-state index in [9.17, 15) is 28.1 Å². The van der Waals surface area contributed by atoms with Crippen LogP contribution in [0.5, 0.6) is 5.75 Å². The summed E-state index contributed by atoms with van der Waals surface area (Å²) < 4.78 is 47.7. The Kier molecular flexibility index (Phi) is 7.42. The molecule has 0 fully saturated rings. The Hall–Kier alpha value is -3.54. The van der Waals surface area contributed by atoms with Crippen molar-refractivity contribution in [2.24, 2.45) is 10.9 Å². The van der Waals surface area contributed by atoms with Crippen LogP contribution in [0.25, 0.3) is 0 Å². The molecule has 0 radical (unpaired) electrons. The predicted octanol–water partition coefficient (Wildman–Crippen LogP) is 3.18. The topological polar surface area (TPSA) is 126 Å². The molecule has 30 heavy (non-hydrogen) atoms. The standard InChI is InChI=1S/C17H13ClF3N3O6/c18-12-8-11(17(19,20)21)6-7-13(12)29-16(15(25)28-9-24(26)27)30-23-14(22)10-4-2-1-3-5-10/h1-8,16H,9H2,(H2,22,23). The second-order valence-corrected chi connectivity index (χ2v) is 5.87. The van der Waals surface area contributed by atoms with Crippen molar-refractivity contribution in [2.45, 2.75) is 12.5 Å². The van der Waals surface area contributed by atoms with Crippen molar-refractivity contribution in [1.82, 2.24) is 0 Å². The maximum absolute atomic E-state index is 12.7. The molecule has 0 saturated carbocycles. The molecule has 0 aliphatic heterocycles. The molecule has 2 rings (SSSR count). The second-order valence-electron chi connectivity index (χ2n) is 5.47. The number of nitro groups is 1. The molecule has 0 heterocycles. The van der Waals surface area contributed by atoms with E-state index in [-0.39, 0.29) is 11.6 Å². The highest BCUT2D eigenvalue weighted by atomic mass is 35.5. The maximum atomic E-state index is 12.7. The molecule has 0 aromatic heterocycles. The number of nitrogens with zero attached hydrogens (tertiary/aromatic N) is 2. The van der Waals surface area contributed by atoms with Crippen LogP contribution in [0, 0.1) is 10.1 Å². The Bertz CT molecular complexity index is 940. The number of rotatable bonds is 8. The number of ether oxygens (including phenoxy) is 2. The lowest BCUT2D eigenvalue weighted by Crippen LogP contribution is -2.33. The van der Waals surface area contributed by atoms with Gasteiger partial charge in [-0.1, -0.05) is 47.1 Å². The zero-order valence-electron chi connectivity index (χ0n) is 14.8. The summed E-state index contributed by atoms with van der Waals surface area (Å²) in [5.41, 5.74) is 5.08. The van der Waals surface area contributed by atoms with Crippen LogP contribution >= 0.6 is 11.6 Å². The molecular formula is C17H13ClF3N3O6. The Morgan fingerprint density at radius 2 is 1.90 bits per heavy atom. The molecule has 2 aromatic carbocycles. The van der Waals surface area contributed by atoms with Crippen LogP contribution in [0.15, 0.2) is 53.7 Å². The van der Waals surface area contributed by atoms with Gasteiger partial charge >= 0.3 is 25.2 Å². The van der Waals surface area contributed by atoms with Gasteiger partial charge < -0.3 is 20.0 Å². The van der Waals surface area contributed by atoms with Gasteiger partial charge in [-0.2, -0.15) is 13.2 Å². The Morgan fingerprint density at radius 3 is 2.47 bits per heavy atom. The molecule has 0 aliphatic carbocycles. The Morgan fingerprint density at radius 1 is 1.23 bits per heavy atom. The van der Waals surface area contributed by atoms with Gasteiger partial charge in [0.1, 0.15) is 5.75 Å². The van der Waals surface area contributed by atoms with Crippen molar-refractivity contribution < 1.29 is 37.2 Å². The molecular weight excluding hydrogens is 435 g/mol. The van der Waals surface area contributed by atoms with Crippen molar-refractivity contribution in [3.8, 4) is 5.75 Å². The normalized spacial score (nSPS) is 12.7. The van der Waals surface area contributed by atoms with Gasteiger partial charge in [-0.25, -0.2) is 4.79 Å². The van der Waals surface area contributed by atoms with Crippen molar-refractivity contribution >= 4 is 23.4 Å². The van der Waals surface area contributed by atoms with Crippen molar-refractivity contribution in [3.63, 3.8) is 0 Å². The third kappa shape index (κ3) is 6.51. The zero-order valence-corrected chi connectivity index (χ0v) is 15.6. The van der Waals surface area contributed by atoms with Gasteiger partial charge in [0.25, 0.3) is 0 Å². The molecule has 2 N–H and O–H groups in total. The van der Waals surface area contributed by atoms with Crippen LogP contribution in [0.4, 0.5) is 13.2 Å². The average Bonchev–Trinajstić information content (AvgIpc) is 2.69. The minimum absolute atomic E-state index is 0.176. The average molecular weight is 448 g/mol. The highest BCUT2D eigenvalue weighted by Gasteiger charge is 2.32. The lowest BCUT2D eigenvalue weighted by atomic mass is 10.2. The van der Waals surface area contributed by atoms with Gasteiger partial charge in [0, 0.05) is 5.56 Å². The highest BCUT2D eigenvalue weighted by Crippen LogP contribution is 2.35. The van der Waals surface area contributed by atoms with Gasteiger partial charge in [-0.15, -0.1) is 0 Å². The number of halogens is 4. The molecule has 0 amide bonds. The first-order valence-electron chi connectivity index (χ1n) is 7.94. The minimum atomic E-state index is -4.66. The number of carbonyl (C=O) groups excluding carboxylic acids is 1. The summed E-state index contributed by atoms with van der Waals surface area (Å²) in [6, 6.07) is 10.2. The number of esters is 1. The lowest BCUT2D eigenvalue weighted by molar-refractivity contribution is -0.519. The fraction of sp³-hybridized carbons (Fsp3) is 0.176. The van der Waals surface area contributed by atoms with Gasteiger partial charge in [0.05, 0.1) is 15.5 Å². The van der Waals surface area contributed by atoms with E-state index in [0.29, 0.717) is 17.7 Å². The first-order valence-corrected chi connectivity index (χ1v) is 8.32. The Balaban J connectivity index is 2.23. The smallest absolute Gasteiger partial charge is 0.416 e. The number of hydrogen-bond acceptors (Lipinski definition) is 7. The van der Waals surface area contributed by atoms with Gasteiger partial charge in [-0.05, 0) is 18.2 Å². The summed E-state index contributed by atoms with van der Waals surface area (Å²) in [7, 11) is 0. The minimum Gasteiger partial charge on any atom is -0.442 e. The summed E-state index contributed by atoms with van der Waals surface area (Å²) in [5.74, 6) is -1.95. The summed E-state index contributed by atoms with van der Waals surface area (Å²) in [6.07, 6.45) is -6.70. The van der Waals surface area contributed by atoms with Crippen molar-refractivity contribution in [1.29, 1.82) is 0 Å². The molecule has 2 aromatic rings. The van der Waals surface area contributed by atoms with E-state index < -0.39 is 40.7 Å². The molecule has 0 aliphatic rings. The molecule has 0 saturated heterocycles. The third-order valence-electron chi connectivity index (χ3n) is 3.31. The maximum Gasteiger partial charge on any atom is 0.416 e. The van der Waals surface area contributed by atoms with Crippen LogP contribution in [0.3, 0.4) is 0 Å². The van der Waals surface area contributed by atoms with Gasteiger partial charge in [-0.3, -0.25) is 10.1 Å². The van der Waals surface area contributed by atoms with Crippen molar-refractivity contribution in [3.05, 3.63) is 74.8 Å². The van der Waals surface area contributed by atoms with Crippen LogP contribution < -0.4 is 10.5 Å². The van der Waals surface area contributed by atoms with Crippen LogP contribution in [0.2, 0.25) is 5.02 Å². The van der Waals surface area contributed by atoms with E-state index in [0.717, 1.165) is 6.07 Å². The third-order valence-corrected chi connectivity index (χ3v) is 3.61. The van der Waals surface area contributed by atoms with E-state index in [2.05, 4.69) is 9.89 Å². The van der Waals surface area contributed by atoms with Crippen LogP contribution in [0.1, 0.15) is 11.1 Å². The van der Waals surface area contributed by atoms with Crippen LogP contribution in [-0.4, -0.2) is 29.7 Å². The van der Waals surface area contributed by atoms with E-state index in [1.165, 1.54) is 0 Å². The zero-order chi connectivity index (χ0) is 22.3. The highest BCUT2D eigenvalue weighted by molar-refractivity contribution is 6.32. The monoisotopic (exact) mass is 447 g/mol. The predicted molar refractivity (Wildman–Crippen MR) is 97.1 cm³/mol. The molecule has 1 atom stereocenters. The number of oxime groups is 1. The molecule has 0 spiro atoms. The number of carbonyl (C=O) groups is 1. The number of benzene rings is 2. The first kappa shape index (κ1) is 22.7. The van der Waals surface area contributed by atoms with E-state index in [1.54, 1.807) is 30.3 Å². The summed E-state index contributed by atoms with van der Waals surface area (Å²) in [4.78, 5) is 26.4. The second kappa shape index (κ2) is 9.78. The Labute approximate surface area is 171 Å². The molecule has 9 nitrogen and oxygen atoms in total. The van der Waals surface area contributed by atoms with E-state index >= 15 is 0 Å². The summed E-state index contributed by atoms with van der Waals surface area (Å²) in [6.45, 7) is -1.21. The van der Waals surface area contributed by atoms with Gasteiger partial charge in [0.2, 0.25) is 0 Å². The fourth-order valence-electron chi connectivity index (χ4n) is 1.95. The van der Waals surface area contributed by atoms with Crippen molar-refractivity contribution in [2.75, 3.05) is 6.73 Å². The summed E-state index contributed by atoms with van der Waals surface area (Å²) >= 11 is 5.77. The molecule has 160 valence electrons. The fourth-order valence-corrected chi connectivity index (χ4v) is 2.18.